The summed E-state index contributed by atoms with van der Waals surface area (Å²) >= 11 is 5.94. The molecule has 6 heteroatoms. The van der Waals surface area contributed by atoms with E-state index in [0.29, 0.717) is 36.6 Å². The number of nitrogens with one attached hydrogen (secondary N) is 1. The average Bonchev–Trinajstić information content (AvgIpc) is 2.54. The number of nitrogens with zero attached hydrogens (tertiary/aromatic N) is 2. The number of aromatic nitrogens is 1. The topological polar surface area (TPSA) is 62.3 Å². The molecule has 0 saturated carbocycles. The summed E-state index contributed by atoms with van der Waals surface area (Å²) < 4.78 is 0. The van der Waals surface area contributed by atoms with Crippen molar-refractivity contribution in [3.63, 3.8) is 0 Å². The van der Waals surface area contributed by atoms with Gasteiger partial charge in [-0.05, 0) is 6.07 Å². The molecule has 0 aliphatic carbocycles. The lowest BCUT2D eigenvalue weighted by atomic mass is 10.2. The van der Waals surface area contributed by atoms with Gasteiger partial charge in [0, 0.05) is 38.4 Å². The van der Waals surface area contributed by atoms with Crippen LogP contribution in [-0.2, 0) is 4.79 Å². The fourth-order valence-corrected chi connectivity index (χ4v) is 1.86. The summed E-state index contributed by atoms with van der Waals surface area (Å²) in [5.74, 6) is -0.211. The van der Waals surface area contributed by atoms with Crippen molar-refractivity contribution in [3.05, 3.63) is 29.0 Å². The highest BCUT2D eigenvalue weighted by atomic mass is 35.5. The molecular weight excluding hydrogens is 242 g/mol. The molecule has 1 aromatic heterocycles. The SMILES string of the molecule is O=C1CCN(C(=O)c2cnccc2Cl)CCN1. The summed E-state index contributed by atoms with van der Waals surface area (Å²) in [5, 5.41) is 3.10. The summed E-state index contributed by atoms with van der Waals surface area (Å²) in [6, 6.07) is 1.58. The zero-order chi connectivity index (χ0) is 12.3. The molecule has 1 aromatic rings. The number of rotatable bonds is 1. The third kappa shape index (κ3) is 2.74. The maximum absolute atomic E-state index is 12.1. The van der Waals surface area contributed by atoms with Crippen LogP contribution in [0.15, 0.2) is 18.5 Å². The number of carbonyl (C=O) groups excluding carboxylic acids is 2. The number of halogens is 1. The van der Waals surface area contributed by atoms with Crippen LogP contribution in [0, 0.1) is 0 Å². The molecule has 1 fully saturated rings. The van der Waals surface area contributed by atoms with Crippen LogP contribution < -0.4 is 5.32 Å². The van der Waals surface area contributed by atoms with Crippen LogP contribution in [0.2, 0.25) is 5.02 Å². The Kier molecular flexibility index (Phi) is 3.58. The maximum atomic E-state index is 12.1. The first-order chi connectivity index (χ1) is 8.18. The van der Waals surface area contributed by atoms with Gasteiger partial charge in [-0.2, -0.15) is 0 Å². The van der Waals surface area contributed by atoms with Crippen molar-refractivity contribution in [2.24, 2.45) is 0 Å². The molecule has 1 saturated heterocycles. The zero-order valence-electron chi connectivity index (χ0n) is 9.15. The Morgan fingerprint density at radius 2 is 2.29 bits per heavy atom. The van der Waals surface area contributed by atoms with Crippen LogP contribution in [0.1, 0.15) is 16.8 Å². The van der Waals surface area contributed by atoms with E-state index in [1.54, 1.807) is 11.0 Å². The number of hydrogen-bond acceptors (Lipinski definition) is 3. The largest absolute Gasteiger partial charge is 0.354 e. The summed E-state index contributed by atoms with van der Waals surface area (Å²) in [6.07, 6.45) is 3.31. The second-order valence-electron chi connectivity index (χ2n) is 3.75. The number of amides is 2. The number of carbonyl (C=O) groups is 2. The molecule has 90 valence electrons. The van der Waals surface area contributed by atoms with Crippen molar-refractivity contribution in [2.45, 2.75) is 6.42 Å². The Balaban J connectivity index is 2.14. The normalized spacial score (nSPS) is 16.3. The summed E-state index contributed by atoms with van der Waals surface area (Å²) in [5.41, 5.74) is 0.378. The molecule has 0 atom stereocenters. The molecule has 0 spiro atoms. The molecule has 2 amide bonds. The van der Waals surface area contributed by atoms with E-state index in [1.807, 2.05) is 0 Å². The van der Waals surface area contributed by atoms with Crippen molar-refractivity contribution in [1.29, 1.82) is 0 Å². The summed E-state index contributed by atoms with van der Waals surface area (Å²) in [4.78, 5) is 28.8. The third-order valence-electron chi connectivity index (χ3n) is 2.60. The molecule has 0 radical (unpaired) electrons. The fraction of sp³-hybridized carbons (Fsp3) is 0.364. The molecule has 0 aromatic carbocycles. The van der Waals surface area contributed by atoms with Gasteiger partial charge in [0.05, 0.1) is 10.6 Å². The van der Waals surface area contributed by atoms with Gasteiger partial charge in [0.25, 0.3) is 5.91 Å². The highest BCUT2D eigenvalue weighted by molar-refractivity contribution is 6.33. The fourth-order valence-electron chi connectivity index (χ4n) is 1.68. The van der Waals surface area contributed by atoms with Gasteiger partial charge in [-0.25, -0.2) is 0 Å². The molecule has 5 nitrogen and oxygen atoms in total. The Labute approximate surface area is 104 Å². The predicted molar refractivity (Wildman–Crippen MR) is 62.8 cm³/mol. The lowest BCUT2D eigenvalue weighted by Gasteiger charge is -2.19. The van der Waals surface area contributed by atoms with E-state index in [9.17, 15) is 9.59 Å². The van der Waals surface area contributed by atoms with E-state index in [0.717, 1.165) is 0 Å². The molecule has 0 unspecified atom stereocenters. The van der Waals surface area contributed by atoms with Crippen molar-refractivity contribution < 1.29 is 9.59 Å². The Morgan fingerprint density at radius 1 is 1.47 bits per heavy atom. The van der Waals surface area contributed by atoms with Crippen LogP contribution in [-0.4, -0.2) is 41.3 Å². The lowest BCUT2D eigenvalue weighted by molar-refractivity contribution is -0.120. The van der Waals surface area contributed by atoms with Gasteiger partial charge < -0.3 is 10.2 Å². The molecule has 2 rings (SSSR count). The van der Waals surface area contributed by atoms with E-state index in [1.165, 1.54) is 12.4 Å². The van der Waals surface area contributed by atoms with Crippen LogP contribution in [0.25, 0.3) is 0 Å². The van der Waals surface area contributed by atoms with Crippen LogP contribution in [0.5, 0.6) is 0 Å². The van der Waals surface area contributed by atoms with Crippen LogP contribution in [0.3, 0.4) is 0 Å². The van der Waals surface area contributed by atoms with Crippen molar-refractivity contribution >= 4 is 23.4 Å². The monoisotopic (exact) mass is 253 g/mol. The van der Waals surface area contributed by atoms with Crippen molar-refractivity contribution in [2.75, 3.05) is 19.6 Å². The highest BCUT2D eigenvalue weighted by Gasteiger charge is 2.21. The van der Waals surface area contributed by atoms with E-state index in [2.05, 4.69) is 10.3 Å². The Morgan fingerprint density at radius 3 is 3.06 bits per heavy atom. The van der Waals surface area contributed by atoms with Crippen LogP contribution >= 0.6 is 11.6 Å². The minimum Gasteiger partial charge on any atom is -0.354 e. The van der Waals surface area contributed by atoms with Crippen molar-refractivity contribution in [1.82, 2.24) is 15.2 Å². The molecule has 2 heterocycles. The second kappa shape index (κ2) is 5.14. The first-order valence-corrected chi connectivity index (χ1v) is 5.72. The van der Waals surface area contributed by atoms with Gasteiger partial charge in [-0.1, -0.05) is 11.6 Å². The molecule has 17 heavy (non-hydrogen) atoms. The standard InChI is InChI=1S/C11H12ClN3O2/c12-9-1-3-13-7-8(9)11(17)15-5-2-10(16)14-4-6-15/h1,3,7H,2,4-6H2,(H,14,16). The Hall–Kier alpha value is -1.62. The second-order valence-corrected chi connectivity index (χ2v) is 4.15. The molecule has 0 bridgehead atoms. The molecule has 1 aliphatic rings. The zero-order valence-corrected chi connectivity index (χ0v) is 9.91. The molecular formula is C11H12ClN3O2. The minimum absolute atomic E-state index is 0.0300. The third-order valence-corrected chi connectivity index (χ3v) is 2.93. The average molecular weight is 254 g/mol. The van der Waals surface area contributed by atoms with E-state index < -0.39 is 0 Å². The first kappa shape index (κ1) is 11.9. The molecule has 1 aliphatic heterocycles. The lowest BCUT2D eigenvalue weighted by Crippen LogP contribution is -2.34. The smallest absolute Gasteiger partial charge is 0.257 e. The van der Waals surface area contributed by atoms with Gasteiger partial charge in [-0.15, -0.1) is 0 Å². The minimum atomic E-state index is -0.181. The molecule has 1 N–H and O–H groups in total. The van der Waals surface area contributed by atoms with Gasteiger partial charge in [-0.3, -0.25) is 14.6 Å². The first-order valence-electron chi connectivity index (χ1n) is 5.34. The summed E-state index contributed by atoms with van der Waals surface area (Å²) in [6.45, 7) is 1.38. The van der Waals surface area contributed by atoms with E-state index in [-0.39, 0.29) is 11.8 Å². The Bertz CT molecular complexity index is 450. The maximum Gasteiger partial charge on any atom is 0.257 e. The van der Waals surface area contributed by atoms with E-state index >= 15 is 0 Å². The van der Waals surface area contributed by atoms with Gasteiger partial charge >= 0.3 is 0 Å². The summed E-state index contributed by atoms with van der Waals surface area (Å²) in [7, 11) is 0. The van der Waals surface area contributed by atoms with Gasteiger partial charge in [0.1, 0.15) is 0 Å². The number of hydrogen-bond donors (Lipinski definition) is 1. The van der Waals surface area contributed by atoms with Gasteiger partial charge in [0.2, 0.25) is 5.91 Å². The van der Waals surface area contributed by atoms with Crippen LogP contribution in [0.4, 0.5) is 0 Å². The van der Waals surface area contributed by atoms with Crippen molar-refractivity contribution in [3.8, 4) is 0 Å². The van der Waals surface area contributed by atoms with Gasteiger partial charge in [0.15, 0.2) is 0 Å². The highest BCUT2D eigenvalue weighted by Crippen LogP contribution is 2.16. The quantitative estimate of drug-likeness (QED) is 0.801. The number of pyridine rings is 1. The predicted octanol–water partition coefficient (Wildman–Crippen LogP) is 0.697. The van der Waals surface area contributed by atoms with E-state index in [4.69, 9.17) is 11.6 Å².